The van der Waals surface area contributed by atoms with Gasteiger partial charge in [-0.2, -0.15) is 0 Å². The van der Waals surface area contributed by atoms with Crippen LogP contribution in [-0.4, -0.2) is 47.3 Å². The number of pyridine rings is 1. The summed E-state index contributed by atoms with van der Waals surface area (Å²) in [5.74, 6) is 1.000. The van der Waals surface area contributed by atoms with Crippen molar-refractivity contribution in [3.05, 3.63) is 59.8 Å². The van der Waals surface area contributed by atoms with Crippen molar-refractivity contribution in [2.75, 3.05) is 25.5 Å². The number of aryl methyl sites for hydroxylation is 1. The largest absolute Gasteiger partial charge is 0.381 e. The minimum Gasteiger partial charge on any atom is -0.381 e. The minimum atomic E-state index is 0.0923. The van der Waals surface area contributed by atoms with Gasteiger partial charge in [0, 0.05) is 37.8 Å². The van der Waals surface area contributed by atoms with Gasteiger partial charge in [-0.25, -0.2) is 4.98 Å². The minimum absolute atomic E-state index is 0.0923. The number of ether oxygens (including phenoxy) is 1. The van der Waals surface area contributed by atoms with E-state index in [9.17, 15) is 4.79 Å². The third-order valence-electron chi connectivity index (χ3n) is 4.71. The molecule has 0 N–H and O–H groups in total. The van der Waals surface area contributed by atoms with Crippen LogP contribution in [0.5, 0.6) is 0 Å². The van der Waals surface area contributed by atoms with Gasteiger partial charge in [0.2, 0.25) is 0 Å². The van der Waals surface area contributed by atoms with Gasteiger partial charge in [-0.3, -0.25) is 4.79 Å². The second kappa shape index (κ2) is 9.74. The molecule has 1 fully saturated rings. The summed E-state index contributed by atoms with van der Waals surface area (Å²) >= 11 is 1.66. The number of nitrogens with zero attached hydrogens (tertiary/aromatic N) is 2. The summed E-state index contributed by atoms with van der Waals surface area (Å²) in [6.45, 7) is 4.23. The Morgan fingerprint density at radius 2 is 1.96 bits per heavy atom. The lowest BCUT2D eigenvalue weighted by molar-refractivity contribution is 0.0303. The highest BCUT2D eigenvalue weighted by atomic mass is 32.2. The van der Waals surface area contributed by atoms with E-state index in [0.29, 0.717) is 6.54 Å². The maximum atomic E-state index is 13.2. The van der Waals surface area contributed by atoms with Gasteiger partial charge in [0.1, 0.15) is 5.03 Å². The van der Waals surface area contributed by atoms with Crippen molar-refractivity contribution >= 4 is 17.7 Å². The lowest BCUT2D eigenvalue weighted by atomic mass is 10.1. The zero-order chi connectivity index (χ0) is 18.2. The standard InChI is InChI=1S/C21H26N2O2S/c1-2-23(18-10-14-25-15-11-18)21(24)19-9-6-13-22-20(19)26-16-12-17-7-4-3-5-8-17/h3-9,13,18H,2,10-12,14-16H2,1H3. The Morgan fingerprint density at radius 1 is 1.19 bits per heavy atom. The number of hydrogen-bond acceptors (Lipinski definition) is 4. The van der Waals surface area contributed by atoms with Crippen LogP contribution in [-0.2, 0) is 11.2 Å². The van der Waals surface area contributed by atoms with E-state index in [1.165, 1.54) is 5.56 Å². The Kier molecular flexibility index (Phi) is 7.09. The number of carbonyl (C=O) groups is 1. The predicted molar refractivity (Wildman–Crippen MR) is 106 cm³/mol. The van der Waals surface area contributed by atoms with Gasteiger partial charge in [-0.1, -0.05) is 30.3 Å². The van der Waals surface area contributed by atoms with Gasteiger partial charge in [0.15, 0.2) is 0 Å². The molecular formula is C21H26N2O2S. The Bertz CT molecular complexity index is 702. The highest BCUT2D eigenvalue weighted by molar-refractivity contribution is 7.99. The first-order chi connectivity index (χ1) is 12.8. The third-order valence-corrected chi connectivity index (χ3v) is 5.71. The van der Waals surface area contributed by atoms with E-state index in [-0.39, 0.29) is 11.9 Å². The summed E-state index contributed by atoms with van der Waals surface area (Å²) in [6, 6.07) is 14.4. The molecule has 3 rings (SSSR count). The molecule has 0 saturated carbocycles. The fraction of sp³-hybridized carbons (Fsp3) is 0.429. The molecule has 0 unspecified atom stereocenters. The van der Waals surface area contributed by atoms with Crippen LogP contribution in [0, 0.1) is 0 Å². The smallest absolute Gasteiger partial charge is 0.256 e. The van der Waals surface area contributed by atoms with Crippen LogP contribution in [0.4, 0.5) is 0 Å². The second-order valence-corrected chi connectivity index (χ2v) is 7.46. The molecule has 1 aliphatic rings. The van der Waals surface area contributed by atoms with E-state index >= 15 is 0 Å². The van der Waals surface area contributed by atoms with E-state index in [1.807, 2.05) is 30.0 Å². The molecule has 0 radical (unpaired) electrons. The van der Waals surface area contributed by atoms with Crippen LogP contribution >= 0.6 is 11.8 Å². The fourth-order valence-electron chi connectivity index (χ4n) is 3.30. The molecule has 4 nitrogen and oxygen atoms in total. The first-order valence-corrected chi connectivity index (χ1v) is 10.3. The summed E-state index contributed by atoms with van der Waals surface area (Å²) < 4.78 is 5.44. The van der Waals surface area contributed by atoms with Crippen molar-refractivity contribution in [2.24, 2.45) is 0 Å². The van der Waals surface area contributed by atoms with E-state index < -0.39 is 0 Å². The van der Waals surface area contributed by atoms with Crippen molar-refractivity contribution in [2.45, 2.75) is 37.3 Å². The zero-order valence-corrected chi connectivity index (χ0v) is 16.1. The topological polar surface area (TPSA) is 42.4 Å². The van der Waals surface area contributed by atoms with Gasteiger partial charge in [-0.15, -0.1) is 11.8 Å². The van der Waals surface area contributed by atoms with Gasteiger partial charge in [-0.05, 0) is 43.9 Å². The van der Waals surface area contributed by atoms with Gasteiger partial charge in [0.25, 0.3) is 5.91 Å². The van der Waals surface area contributed by atoms with Crippen LogP contribution < -0.4 is 0 Å². The van der Waals surface area contributed by atoms with Crippen LogP contribution in [0.1, 0.15) is 35.7 Å². The average Bonchev–Trinajstić information content (AvgIpc) is 2.70. The van der Waals surface area contributed by atoms with E-state index in [1.54, 1.807) is 18.0 Å². The van der Waals surface area contributed by atoms with Crippen LogP contribution in [0.25, 0.3) is 0 Å². The molecule has 1 amide bonds. The quantitative estimate of drug-likeness (QED) is 0.690. The molecule has 5 heteroatoms. The first-order valence-electron chi connectivity index (χ1n) is 9.30. The van der Waals surface area contributed by atoms with Crippen molar-refractivity contribution in [3.63, 3.8) is 0 Å². The monoisotopic (exact) mass is 370 g/mol. The number of benzene rings is 1. The molecule has 0 aliphatic carbocycles. The summed E-state index contributed by atoms with van der Waals surface area (Å²) in [5.41, 5.74) is 2.03. The number of hydrogen-bond donors (Lipinski definition) is 0. The maximum absolute atomic E-state index is 13.2. The summed E-state index contributed by atoms with van der Waals surface area (Å²) in [6.07, 6.45) is 4.56. The number of amides is 1. The van der Waals surface area contributed by atoms with Gasteiger partial charge >= 0.3 is 0 Å². The highest BCUT2D eigenvalue weighted by Crippen LogP contribution is 2.24. The number of carbonyl (C=O) groups excluding carboxylic acids is 1. The Morgan fingerprint density at radius 3 is 2.69 bits per heavy atom. The van der Waals surface area contributed by atoms with Crippen molar-refractivity contribution < 1.29 is 9.53 Å². The molecular weight excluding hydrogens is 344 g/mol. The molecule has 0 atom stereocenters. The number of aromatic nitrogens is 1. The predicted octanol–water partition coefficient (Wildman–Crippen LogP) is 4.06. The van der Waals surface area contributed by atoms with Gasteiger partial charge in [0.05, 0.1) is 5.56 Å². The molecule has 1 aromatic heterocycles. The summed E-state index contributed by atoms with van der Waals surface area (Å²) in [7, 11) is 0. The summed E-state index contributed by atoms with van der Waals surface area (Å²) in [5, 5.41) is 0.832. The second-order valence-electron chi connectivity index (χ2n) is 6.37. The van der Waals surface area contributed by atoms with Crippen molar-refractivity contribution in [1.29, 1.82) is 0 Å². The zero-order valence-electron chi connectivity index (χ0n) is 15.3. The molecule has 26 heavy (non-hydrogen) atoms. The highest BCUT2D eigenvalue weighted by Gasteiger charge is 2.27. The maximum Gasteiger partial charge on any atom is 0.256 e. The number of thioether (sulfide) groups is 1. The van der Waals surface area contributed by atoms with Crippen LogP contribution in [0.15, 0.2) is 53.7 Å². The molecule has 1 aliphatic heterocycles. The van der Waals surface area contributed by atoms with Crippen LogP contribution in [0.2, 0.25) is 0 Å². The van der Waals surface area contributed by atoms with Crippen LogP contribution in [0.3, 0.4) is 0 Å². The molecule has 0 spiro atoms. The number of rotatable bonds is 7. The molecule has 1 saturated heterocycles. The summed E-state index contributed by atoms with van der Waals surface area (Å²) in [4.78, 5) is 19.6. The molecule has 138 valence electrons. The normalized spacial score (nSPS) is 15.0. The average molecular weight is 371 g/mol. The Balaban J connectivity index is 1.67. The lowest BCUT2D eigenvalue weighted by Crippen LogP contribution is -2.43. The van der Waals surface area contributed by atoms with Crippen molar-refractivity contribution in [1.82, 2.24) is 9.88 Å². The lowest BCUT2D eigenvalue weighted by Gasteiger charge is -2.33. The van der Waals surface area contributed by atoms with E-state index in [0.717, 1.165) is 48.8 Å². The Labute approximate surface area is 160 Å². The SMILES string of the molecule is CCN(C(=O)c1cccnc1SCCc1ccccc1)C1CCOCC1. The van der Waals surface area contributed by atoms with Crippen molar-refractivity contribution in [3.8, 4) is 0 Å². The molecule has 2 aromatic rings. The molecule has 2 heterocycles. The Hall–Kier alpha value is -1.85. The van der Waals surface area contributed by atoms with E-state index in [4.69, 9.17) is 4.74 Å². The molecule has 0 bridgehead atoms. The first kappa shape index (κ1) is 18.9. The van der Waals surface area contributed by atoms with E-state index in [2.05, 4.69) is 29.2 Å². The van der Waals surface area contributed by atoms with Gasteiger partial charge < -0.3 is 9.64 Å². The fourth-order valence-corrected chi connectivity index (χ4v) is 4.28. The molecule has 1 aromatic carbocycles. The third kappa shape index (κ3) is 4.86.